The Hall–Kier alpha value is -3.42. The fourth-order valence-electron chi connectivity index (χ4n) is 4.50. The van der Waals surface area contributed by atoms with Gasteiger partial charge in [0.25, 0.3) is 5.91 Å². The molecule has 0 saturated carbocycles. The van der Waals surface area contributed by atoms with Crippen molar-refractivity contribution in [3.8, 4) is 5.75 Å². The van der Waals surface area contributed by atoms with Crippen molar-refractivity contribution in [3.63, 3.8) is 0 Å². The molecule has 0 radical (unpaired) electrons. The Balaban J connectivity index is 1.87. The lowest BCUT2D eigenvalue weighted by Crippen LogP contribution is -2.20. The van der Waals surface area contributed by atoms with Gasteiger partial charge in [0, 0.05) is 28.0 Å². The number of carbonyl (C=O) groups is 1. The van der Waals surface area contributed by atoms with Gasteiger partial charge in [-0.2, -0.15) is 0 Å². The summed E-state index contributed by atoms with van der Waals surface area (Å²) in [6, 6.07) is 18.9. The smallest absolute Gasteiger partial charge is 0.256 e. The summed E-state index contributed by atoms with van der Waals surface area (Å²) in [4.78, 5) is 13.1. The summed E-state index contributed by atoms with van der Waals surface area (Å²) in [6.07, 6.45) is 1.84. The standard InChI is InChI=1S/C31H36N2O4S/c1-30(2,3)25-16-21(17-26(31(4,5)6)28(25)37-19-20-11-9-8-10-12-20)15-24-23-18-22(38(35,36)32-7)13-14-27(23)33-29(24)34/h8-18,32H,19H2,1-7H3,(H,33,34). The highest BCUT2D eigenvalue weighted by Crippen LogP contribution is 2.42. The van der Waals surface area contributed by atoms with E-state index in [9.17, 15) is 13.2 Å². The van der Waals surface area contributed by atoms with E-state index >= 15 is 0 Å². The van der Waals surface area contributed by atoms with Crippen LogP contribution in [0.5, 0.6) is 5.75 Å². The lowest BCUT2D eigenvalue weighted by Gasteiger charge is -2.30. The number of benzene rings is 3. The van der Waals surface area contributed by atoms with Gasteiger partial charge in [0.15, 0.2) is 0 Å². The summed E-state index contributed by atoms with van der Waals surface area (Å²) in [5, 5.41) is 2.86. The lowest BCUT2D eigenvalue weighted by molar-refractivity contribution is -0.110. The summed E-state index contributed by atoms with van der Waals surface area (Å²) < 4.78 is 33.7. The molecular weight excluding hydrogens is 496 g/mol. The first-order chi connectivity index (χ1) is 17.7. The van der Waals surface area contributed by atoms with E-state index in [0.717, 1.165) is 28.0 Å². The average molecular weight is 533 g/mol. The maximum atomic E-state index is 13.0. The van der Waals surface area contributed by atoms with Crippen LogP contribution >= 0.6 is 0 Å². The Morgan fingerprint density at radius 3 is 2.05 bits per heavy atom. The maximum Gasteiger partial charge on any atom is 0.256 e. The molecule has 7 heteroatoms. The van der Waals surface area contributed by atoms with Crippen LogP contribution in [0.25, 0.3) is 11.6 Å². The van der Waals surface area contributed by atoms with E-state index in [4.69, 9.17) is 4.74 Å². The number of amides is 1. The molecule has 200 valence electrons. The Morgan fingerprint density at radius 1 is 0.895 bits per heavy atom. The number of carbonyl (C=O) groups excluding carboxylic acids is 1. The minimum Gasteiger partial charge on any atom is -0.488 e. The second-order valence-corrected chi connectivity index (χ2v) is 13.5. The summed E-state index contributed by atoms with van der Waals surface area (Å²) in [7, 11) is -2.29. The first-order valence-corrected chi connectivity index (χ1v) is 14.2. The van der Waals surface area contributed by atoms with Crippen molar-refractivity contribution in [3.05, 3.63) is 88.5 Å². The van der Waals surface area contributed by atoms with Gasteiger partial charge in [0.1, 0.15) is 12.4 Å². The third kappa shape index (κ3) is 5.69. The zero-order valence-electron chi connectivity index (χ0n) is 23.1. The number of hydrogen-bond acceptors (Lipinski definition) is 4. The molecule has 3 aromatic carbocycles. The molecule has 1 heterocycles. The van der Waals surface area contributed by atoms with Gasteiger partial charge in [0.2, 0.25) is 10.0 Å². The van der Waals surface area contributed by atoms with Gasteiger partial charge in [0.05, 0.1) is 4.90 Å². The van der Waals surface area contributed by atoms with E-state index in [1.165, 1.54) is 19.2 Å². The number of rotatable bonds is 6. The molecule has 0 aromatic heterocycles. The zero-order valence-corrected chi connectivity index (χ0v) is 23.9. The van der Waals surface area contributed by atoms with Crippen LogP contribution in [0.15, 0.2) is 65.6 Å². The van der Waals surface area contributed by atoms with E-state index < -0.39 is 10.0 Å². The van der Waals surface area contributed by atoms with Crippen LogP contribution in [0, 0.1) is 0 Å². The SMILES string of the molecule is CNS(=O)(=O)c1ccc2c(c1)C(=Cc1cc(C(C)(C)C)c(OCc3ccccc3)c(C(C)(C)C)c1)C(=O)N2. The topological polar surface area (TPSA) is 84.5 Å². The quantitative estimate of drug-likeness (QED) is 0.367. The van der Waals surface area contributed by atoms with Crippen LogP contribution < -0.4 is 14.8 Å². The van der Waals surface area contributed by atoms with Gasteiger partial charge in [-0.15, -0.1) is 0 Å². The third-order valence-electron chi connectivity index (χ3n) is 6.62. The van der Waals surface area contributed by atoms with Crippen molar-refractivity contribution >= 4 is 33.3 Å². The van der Waals surface area contributed by atoms with Gasteiger partial charge < -0.3 is 10.1 Å². The largest absolute Gasteiger partial charge is 0.488 e. The van der Waals surface area contributed by atoms with E-state index in [1.807, 2.05) is 36.4 Å². The number of anilines is 1. The second-order valence-electron chi connectivity index (χ2n) is 11.6. The molecule has 3 aromatic rings. The molecule has 1 amide bonds. The van der Waals surface area contributed by atoms with Crippen LogP contribution in [0.3, 0.4) is 0 Å². The summed E-state index contributed by atoms with van der Waals surface area (Å²) >= 11 is 0. The predicted molar refractivity (Wildman–Crippen MR) is 154 cm³/mol. The molecule has 0 fully saturated rings. The van der Waals surface area contributed by atoms with Crippen LogP contribution in [0.4, 0.5) is 5.69 Å². The molecule has 6 nitrogen and oxygen atoms in total. The fourth-order valence-corrected chi connectivity index (χ4v) is 5.25. The minimum atomic E-state index is -3.65. The van der Waals surface area contributed by atoms with Crippen molar-refractivity contribution < 1.29 is 17.9 Å². The molecular formula is C31H36N2O4S. The van der Waals surface area contributed by atoms with Crippen molar-refractivity contribution in [1.29, 1.82) is 0 Å². The van der Waals surface area contributed by atoms with Crippen molar-refractivity contribution in [2.45, 2.75) is 63.9 Å². The van der Waals surface area contributed by atoms with E-state index in [2.05, 4.69) is 63.7 Å². The van der Waals surface area contributed by atoms with Crippen LogP contribution in [-0.4, -0.2) is 21.4 Å². The van der Waals surface area contributed by atoms with E-state index in [0.29, 0.717) is 23.4 Å². The van der Waals surface area contributed by atoms with Crippen molar-refractivity contribution in [2.75, 3.05) is 12.4 Å². The Labute approximate surface area is 226 Å². The Kier molecular flexibility index (Phi) is 7.30. The highest BCUT2D eigenvalue weighted by atomic mass is 32.2. The fraction of sp³-hybridized carbons (Fsp3) is 0.323. The normalized spacial score (nSPS) is 14.9. The molecule has 0 saturated heterocycles. The molecule has 0 atom stereocenters. The predicted octanol–water partition coefficient (Wildman–Crippen LogP) is 6.26. The molecule has 0 spiro atoms. The molecule has 4 rings (SSSR count). The Bertz CT molecular complexity index is 1470. The molecule has 38 heavy (non-hydrogen) atoms. The molecule has 2 N–H and O–H groups in total. The first-order valence-electron chi connectivity index (χ1n) is 12.7. The van der Waals surface area contributed by atoms with Gasteiger partial charge in [-0.05, 0) is 65.4 Å². The Morgan fingerprint density at radius 2 is 1.50 bits per heavy atom. The van der Waals surface area contributed by atoms with Crippen LogP contribution in [0.1, 0.15) is 69.4 Å². The molecule has 1 aliphatic heterocycles. The monoisotopic (exact) mass is 532 g/mol. The second kappa shape index (κ2) is 10.0. The molecule has 0 bridgehead atoms. The van der Waals surface area contributed by atoms with Crippen LogP contribution in [-0.2, 0) is 32.3 Å². The van der Waals surface area contributed by atoms with Crippen LogP contribution in [0.2, 0.25) is 0 Å². The minimum absolute atomic E-state index is 0.108. The highest BCUT2D eigenvalue weighted by Gasteiger charge is 2.30. The van der Waals surface area contributed by atoms with Gasteiger partial charge in [-0.3, -0.25) is 4.79 Å². The first kappa shape index (κ1) is 27.6. The molecule has 0 aliphatic carbocycles. The number of ether oxygens (including phenoxy) is 1. The summed E-state index contributed by atoms with van der Waals surface area (Å²) in [5.74, 6) is 0.590. The molecule has 1 aliphatic rings. The average Bonchev–Trinajstić information content (AvgIpc) is 3.16. The lowest BCUT2D eigenvalue weighted by atomic mass is 9.78. The number of sulfonamides is 1. The van der Waals surface area contributed by atoms with Gasteiger partial charge in [-0.25, -0.2) is 13.1 Å². The van der Waals surface area contributed by atoms with Crippen molar-refractivity contribution in [2.24, 2.45) is 0 Å². The van der Waals surface area contributed by atoms with Gasteiger partial charge in [-0.1, -0.05) is 71.9 Å². The number of hydrogen-bond donors (Lipinski definition) is 2. The maximum absolute atomic E-state index is 13.0. The number of fused-ring (bicyclic) bond motifs is 1. The van der Waals surface area contributed by atoms with E-state index in [-0.39, 0.29) is 21.6 Å². The number of nitrogens with one attached hydrogen (secondary N) is 2. The third-order valence-corrected chi connectivity index (χ3v) is 8.03. The van der Waals surface area contributed by atoms with Crippen molar-refractivity contribution in [1.82, 2.24) is 4.72 Å². The zero-order chi connectivity index (χ0) is 27.9. The highest BCUT2D eigenvalue weighted by molar-refractivity contribution is 7.89. The summed E-state index contributed by atoms with van der Waals surface area (Å²) in [6.45, 7) is 13.3. The summed E-state index contributed by atoms with van der Waals surface area (Å²) in [5.41, 5.74) is 5.13. The van der Waals surface area contributed by atoms with Gasteiger partial charge >= 0.3 is 0 Å². The van der Waals surface area contributed by atoms with E-state index in [1.54, 1.807) is 6.07 Å². The molecule has 0 unspecified atom stereocenters.